The van der Waals surface area contributed by atoms with E-state index in [-0.39, 0.29) is 0 Å². The third-order valence-electron chi connectivity index (χ3n) is 5.30. The Morgan fingerprint density at radius 2 is 1.77 bits per heavy atom. The molecule has 0 unspecified atom stereocenters. The minimum absolute atomic E-state index is 0.736. The number of aryl methyl sites for hydroxylation is 1. The van der Waals surface area contributed by atoms with Crippen LogP contribution < -0.4 is 15.4 Å². The number of methoxy groups -OCH3 is 1. The highest BCUT2D eigenvalue weighted by atomic mass is 16.5. The van der Waals surface area contributed by atoms with Crippen molar-refractivity contribution in [3.05, 3.63) is 84.3 Å². The predicted molar refractivity (Wildman–Crippen MR) is 126 cm³/mol. The average Bonchev–Trinajstić information content (AvgIpc) is 3.27. The molecule has 0 fully saturated rings. The molecule has 0 radical (unpaired) electrons. The first-order valence-corrected chi connectivity index (χ1v) is 10.2. The molecule has 5 rings (SSSR count). The first-order chi connectivity index (χ1) is 15.2. The summed E-state index contributed by atoms with van der Waals surface area (Å²) in [6.07, 6.45) is 1.61. The quantitative estimate of drug-likeness (QED) is 0.331. The van der Waals surface area contributed by atoms with Crippen molar-refractivity contribution < 1.29 is 4.74 Å². The minimum atomic E-state index is 0.736. The number of ether oxygens (including phenoxy) is 1. The van der Waals surface area contributed by atoms with Crippen LogP contribution in [0.4, 0.5) is 17.1 Å². The lowest BCUT2D eigenvalue weighted by atomic mass is 10.1. The van der Waals surface area contributed by atoms with Crippen LogP contribution >= 0.6 is 0 Å². The molecule has 3 aromatic carbocycles. The molecule has 0 amide bonds. The Bertz CT molecular complexity index is 1360. The number of aromatic amines is 1. The van der Waals surface area contributed by atoms with Gasteiger partial charge in [0.05, 0.1) is 18.3 Å². The van der Waals surface area contributed by atoms with Crippen molar-refractivity contribution in [1.82, 2.24) is 15.0 Å². The Hall–Kier alpha value is -4.06. The molecule has 0 bridgehead atoms. The molecule has 0 aliphatic carbocycles. The van der Waals surface area contributed by atoms with Crippen molar-refractivity contribution in [3.63, 3.8) is 0 Å². The zero-order valence-electron chi connectivity index (χ0n) is 17.4. The molecule has 154 valence electrons. The van der Waals surface area contributed by atoms with Crippen molar-refractivity contribution in [2.45, 2.75) is 13.5 Å². The second kappa shape index (κ2) is 7.99. The number of aromatic nitrogens is 3. The van der Waals surface area contributed by atoms with Crippen LogP contribution in [0, 0.1) is 6.92 Å². The molecule has 31 heavy (non-hydrogen) atoms. The number of hydrogen-bond donors (Lipinski definition) is 3. The highest BCUT2D eigenvalue weighted by Crippen LogP contribution is 2.32. The second-order valence-electron chi connectivity index (χ2n) is 7.50. The molecule has 2 aromatic heterocycles. The molecule has 0 aliphatic rings. The standard InChI is InChI=1S/C25H23N5O/c1-16-12-23(24-21(29-16)10-11-22-25(24)28-15-27-22)30-19-5-3-4-18(13-19)26-14-17-6-8-20(31-2)9-7-17/h3-13,15,26,29-30H,14H2,1-2H3. The number of pyridine rings is 1. The fourth-order valence-electron chi connectivity index (χ4n) is 3.79. The number of rotatable bonds is 6. The van der Waals surface area contributed by atoms with Crippen LogP contribution in [-0.2, 0) is 6.54 Å². The lowest BCUT2D eigenvalue weighted by Crippen LogP contribution is -2.00. The van der Waals surface area contributed by atoms with E-state index in [9.17, 15) is 0 Å². The molecule has 3 N–H and O–H groups in total. The van der Waals surface area contributed by atoms with Crippen LogP contribution in [0.25, 0.3) is 21.9 Å². The largest absolute Gasteiger partial charge is 0.497 e. The van der Waals surface area contributed by atoms with Gasteiger partial charge in [-0.1, -0.05) is 18.2 Å². The number of fused-ring (bicyclic) bond motifs is 3. The van der Waals surface area contributed by atoms with Gasteiger partial charge in [0.2, 0.25) is 0 Å². The van der Waals surface area contributed by atoms with Crippen LogP contribution in [0.1, 0.15) is 11.3 Å². The molecule has 0 saturated heterocycles. The summed E-state index contributed by atoms with van der Waals surface area (Å²) in [6, 6.07) is 22.5. The van der Waals surface area contributed by atoms with E-state index in [1.165, 1.54) is 5.56 Å². The average molecular weight is 409 g/mol. The van der Waals surface area contributed by atoms with Crippen molar-refractivity contribution in [1.29, 1.82) is 0 Å². The highest BCUT2D eigenvalue weighted by molar-refractivity contribution is 6.10. The molecule has 2 heterocycles. The third-order valence-corrected chi connectivity index (χ3v) is 5.30. The van der Waals surface area contributed by atoms with E-state index >= 15 is 0 Å². The van der Waals surface area contributed by atoms with Gasteiger partial charge in [0, 0.05) is 34.5 Å². The number of hydrogen-bond acceptors (Lipinski definition) is 5. The normalized spacial score (nSPS) is 11.0. The molecule has 0 spiro atoms. The predicted octanol–water partition coefficient (Wildman–Crippen LogP) is 5.78. The fraction of sp³-hybridized carbons (Fsp3) is 0.120. The molecular weight excluding hydrogens is 386 g/mol. The van der Waals surface area contributed by atoms with Crippen LogP contribution in [-0.4, -0.2) is 22.1 Å². The van der Waals surface area contributed by atoms with Gasteiger partial charge < -0.3 is 20.4 Å². The molecular formula is C25H23N5O. The van der Waals surface area contributed by atoms with Crippen LogP contribution in [0.2, 0.25) is 0 Å². The first kappa shape index (κ1) is 18.9. The van der Waals surface area contributed by atoms with Gasteiger partial charge in [0.25, 0.3) is 0 Å². The Balaban J connectivity index is 1.41. The summed E-state index contributed by atoms with van der Waals surface area (Å²) in [4.78, 5) is 12.3. The van der Waals surface area contributed by atoms with Crippen molar-refractivity contribution >= 4 is 39.0 Å². The smallest absolute Gasteiger partial charge is 0.118 e. The Morgan fingerprint density at radius 3 is 2.61 bits per heavy atom. The summed E-state index contributed by atoms with van der Waals surface area (Å²) < 4.78 is 5.23. The van der Waals surface area contributed by atoms with E-state index < -0.39 is 0 Å². The monoisotopic (exact) mass is 409 g/mol. The van der Waals surface area contributed by atoms with Gasteiger partial charge in [-0.25, -0.2) is 9.97 Å². The van der Waals surface area contributed by atoms with Crippen molar-refractivity contribution in [3.8, 4) is 5.75 Å². The SMILES string of the molecule is COc1ccc(CNc2cccc(Nc3cc(C)[nH]c4ccc5ncnc5c34)c2)cc1. The summed E-state index contributed by atoms with van der Waals surface area (Å²) >= 11 is 0. The van der Waals surface area contributed by atoms with Crippen molar-refractivity contribution in [2.75, 3.05) is 17.7 Å². The van der Waals surface area contributed by atoms with E-state index in [1.54, 1.807) is 13.4 Å². The third kappa shape index (κ3) is 3.88. The molecule has 5 aromatic rings. The Kier molecular flexibility index (Phi) is 4.88. The number of H-pyrrole nitrogens is 1. The van der Waals surface area contributed by atoms with E-state index in [4.69, 9.17) is 4.74 Å². The first-order valence-electron chi connectivity index (χ1n) is 10.2. The van der Waals surface area contributed by atoms with Gasteiger partial charge in [-0.3, -0.25) is 0 Å². The zero-order valence-corrected chi connectivity index (χ0v) is 17.4. The minimum Gasteiger partial charge on any atom is -0.497 e. The summed E-state index contributed by atoms with van der Waals surface area (Å²) in [7, 11) is 1.68. The van der Waals surface area contributed by atoms with E-state index in [1.807, 2.05) is 24.3 Å². The van der Waals surface area contributed by atoms with Gasteiger partial charge in [0.1, 0.15) is 17.6 Å². The van der Waals surface area contributed by atoms with E-state index in [0.29, 0.717) is 0 Å². The lowest BCUT2D eigenvalue weighted by molar-refractivity contribution is 0.414. The number of anilines is 3. The second-order valence-corrected chi connectivity index (χ2v) is 7.50. The molecule has 0 atom stereocenters. The van der Waals surface area contributed by atoms with E-state index in [2.05, 4.69) is 75.0 Å². The molecule has 0 aliphatic heterocycles. The van der Waals surface area contributed by atoms with Crippen molar-refractivity contribution in [2.24, 2.45) is 0 Å². The summed E-state index contributed by atoms with van der Waals surface area (Å²) in [6.45, 7) is 2.79. The molecule has 0 saturated carbocycles. The van der Waals surface area contributed by atoms with Crippen LogP contribution in [0.3, 0.4) is 0 Å². The maximum Gasteiger partial charge on any atom is 0.118 e. The Labute approximate surface area is 180 Å². The maximum atomic E-state index is 5.23. The molecule has 6 heteroatoms. The van der Waals surface area contributed by atoms with Gasteiger partial charge in [0.15, 0.2) is 0 Å². The summed E-state index contributed by atoms with van der Waals surface area (Å²) in [5, 5.41) is 8.11. The lowest BCUT2D eigenvalue weighted by Gasteiger charge is -2.14. The van der Waals surface area contributed by atoms with Gasteiger partial charge >= 0.3 is 0 Å². The number of imidazole rings is 1. The van der Waals surface area contributed by atoms with E-state index in [0.717, 1.165) is 57.0 Å². The number of benzene rings is 3. The highest BCUT2D eigenvalue weighted by Gasteiger charge is 2.10. The van der Waals surface area contributed by atoms with Gasteiger partial charge in [-0.05, 0) is 61.0 Å². The number of nitrogens with one attached hydrogen (secondary N) is 3. The summed E-state index contributed by atoms with van der Waals surface area (Å²) in [5.41, 5.74) is 8.13. The zero-order chi connectivity index (χ0) is 21.2. The van der Waals surface area contributed by atoms with Crippen LogP contribution in [0.5, 0.6) is 5.75 Å². The van der Waals surface area contributed by atoms with Crippen LogP contribution in [0.15, 0.2) is 73.1 Å². The van der Waals surface area contributed by atoms with Gasteiger partial charge in [-0.15, -0.1) is 0 Å². The summed E-state index contributed by atoms with van der Waals surface area (Å²) in [5.74, 6) is 0.862. The topological polar surface area (TPSA) is 74.9 Å². The number of nitrogens with zero attached hydrogens (tertiary/aromatic N) is 2. The maximum absolute atomic E-state index is 5.23. The molecule has 6 nitrogen and oxygen atoms in total. The fourth-order valence-corrected chi connectivity index (χ4v) is 3.79. The van der Waals surface area contributed by atoms with Gasteiger partial charge in [-0.2, -0.15) is 0 Å². The Morgan fingerprint density at radius 1 is 0.935 bits per heavy atom.